The van der Waals surface area contributed by atoms with E-state index in [-0.39, 0.29) is 29.1 Å². The van der Waals surface area contributed by atoms with Crippen LogP contribution in [0.4, 0.5) is 5.69 Å². The zero-order chi connectivity index (χ0) is 22.9. The van der Waals surface area contributed by atoms with Crippen molar-refractivity contribution in [3.8, 4) is 16.9 Å². The largest absolute Gasteiger partial charge is 0.506 e. The number of anilines is 1. The Morgan fingerprint density at radius 2 is 1.85 bits per heavy atom. The number of rotatable bonds is 7. The molecular formula is C27H29ClN2O3. The lowest BCUT2D eigenvalue weighted by molar-refractivity contribution is 0.0968. The summed E-state index contributed by atoms with van der Waals surface area (Å²) in [5.41, 5.74) is 4.43. The smallest absolute Gasteiger partial charge is 0.169 e. The van der Waals surface area contributed by atoms with Gasteiger partial charge in [-0.05, 0) is 67.0 Å². The maximum atomic E-state index is 13.1. The van der Waals surface area contributed by atoms with E-state index in [4.69, 9.17) is 11.6 Å². The average molecular weight is 465 g/mol. The van der Waals surface area contributed by atoms with Gasteiger partial charge in [0, 0.05) is 29.6 Å². The summed E-state index contributed by atoms with van der Waals surface area (Å²) in [6.07, 6.45) is 9.95. The van der Waals surface area contributed by atoms with Gasteiger partial charge in [-0.15, -0.1) is 0 Å². The summed E-state index contributed by atoms with van der Waals surface area (Å²) < 4.78 is 0. The first-order chi connectivity index (χ1) is 16.0. The van der Waals surface area contributed by atoms with E-state index in [1.54, 1.807) is 18.3 Å². The number of Topliss-reactive ketones (excluding diaryl/α,β-unsaturated/α-hetero) is 1. The van der Waals surface area contributed by atoms with E-state index in [1.807, 2.05) is 18.2 Å². The summed E-state index contributed by atoms with van der Waals surface area (Å²) in [6.45, 7) is 0.552. The van der Waals surface area contributed by atoms with Gasteiger partial charge in [0.2, 0.25) is 0 Å². The molecule has 0 bridgehead atoms. The third kappa shape index (κ3) is 4.57. The van der Waals surface area contributed by atoms with Crippen molar-refractivity contribution in [3.63, 3.8) is 0 Å². The molecule has 2 aromatic carbocycles. The van der Waals surface area contributed by atoms with Crippen LogP contribution in [0.2, 0.25) is 5.02 Å². The zero-order valence-corrected chi connectivity index (χ0v) is 19.4. The van der Waals surface area contributed by atoms with Gasteiger partial charge in [-0.25, -0.2) is 0 Å². The van der Waals surface area contributed by atoms with Crippen LogP contribution in [-0.2, 0) is 6.61 Å². The minimum Gasteiger partial charge on any atom is -0.506 e. The van der Waals surface area contributed by atoms with Crippen molar-refractivity contribution in [1.82, 2.24) is 4.98 Å². The maximum absolute atomic E-state index is 13.1. The van der Waals surface area contributed by atoms with Crippen LogP contribution in [-0.4, -0.2) is 27.5 Å². The molecule has 0 radical (unpaired) electrons. The highest BCUT2D eigenvalue weighted by Crippen LogP contribution is 2.39. The van der Waals surface area contributed by atoms with E-state index in [9.17, 15) is 15.0 Å². The fourth-order valence-electron chi connectivity index (χ4n) is 4.90. The number of carbonyl (C=O) groups is 1. The second-order valence-electron chi connectivity index (χ2n) is 9.43. The molecule has 172 valence electrons. The highest BCUT2D eigenvalue weighted by Gasteiger charge is 2.32. The molecule has 0 atom stereocenters. The molecule has 0 spiro atoms. The van der Waals surface area contributed by atoms with E-state index < -0.39 is 0 Å². The van der Waals surface area contributed by atoms with Crippen LogP contribution in [0.5, 0.6) is 5.75 Å². The van der Waals surface area contributed by atoms with Gasteiger partial charge < -0.3 is 15.5 Å². The van der Waals surface area contributed by atoms with Crippen LogP contribution in [0.15, 0.2) is 36.5 Å². The number of nitrogens with one attached hydrogen (secondary N) is 1. The predicted octanol–water partition coefficient (Wildman–Crippen LogP) is 6.34. The summed E-state index contributed by atoms with van der Waals surface area (Å²) in [7, 11) is 0. The van der Waals surface area contributed by atoms with Crippen LogP contribution in [0.25, 0.3) is 22.0 Å². The number of hydrogen-bond donors (Lipinski definition) is 3. The molecule has 5 rings (SSSR count). The molecule has 1 heterocycles. The van der Waals surface area contributed by atoms with Crippen molar-refractivity contribution < 1.29 is 15.0 Å². The van der Waals surface area contributed by atoms with Crippen molar-refractivity contribution in [2.75, 3.05) is 11.9 Å². The second kappa shape index (κ2) is 9.32. The van der Waals surface area contributed by atoms with Crippen molar-refractivity contribution in [3.05, 3.63) is 52.7 Å². The fraction of sp³-hybridized carbons (Fsp3) is 0.407. The summed E-state index contributed by atoms with van der Waals surface area (Å²) in [5.74, 6) is 0.816. The Hall–Kier alpha value is -2.63. The van der Waals surface area contributed by atoms with Gasteiger partial charge in [-0.1, -0.05) is 36.9 Å². The van der Waals surface area contributed by atoms with E-state index in [0.29, 0.717) is 17.0 Å². The predicted molar refractivity (Wildman–Crippen MR) is 132 cm³/mol. The van der Waals surface area contributed by atoms with Crippen LogP contribution in [0.3, 0.4) is 0 Å². The van der Waals surface area contributed by atoms with Gasteiger partial charge in [0.05, 0.1) is 28.4 Å². The fourth-order valence-corrected chi connectivity index (χ4v) is 5.13. The number of nitrogens with zero attached hydrogens (tertiary/aromatic N) is 1. The Bertz CT molecular complexity index is 1200. The molecule has 0 amide bonds. The lowest BCUT2D eigenvalue weighted by Gasteiger charge is -2.23. The van der Waals surface area contributed by atoms with Crippen molar-refractivity contribution in [2.45, 2.75) is 51.6 Å². The quantitative estimate of drug-likeness (QED) is 0.355. The first kappa shape index (κ1) is 22.2. The van der Waals surface area contributed by atoms with Gasteiger partial charge in [0.1, 0.15) is 5.75 Å². The maximum Gasteiger partial charge on any atom is 0.169 e. The number of pyridine rings is 1. The number of halogens is 1. The molecule has 3 N–H and O–H groups in total. The lowest BCUT2D eigenvalue weighted by Crippen LogP contribution is -2.19. The first-order valence-electron chi connectivity index (χ1n) is 11.9. The molecule has 0 saturated heterocycles. The van der Waals surface area contributed by atoms with Crippen molar-refractivity contribution >= 4 is 34.0 Å². The number of fused-ring (bicyclic) bond motifs is 1. The SMILES string of the molecule is O=C(c1cnc2ccc(-c3cc(Cl)c(O)c(CO)c3)cc2c1NCC1CCCCC1)C1CC1. The van der Waals surface area contributed by atoms with Gasteiger partial charge in [0.15, 0.2) is 5.78 Å². The molecule has 2 fully saturated rings. The number of hydrogen-bond acceptors (Lipinski definition) is 5. The number of ketones is 1. The summed E-state index contributed by atoms with van der Waals surface area (Å²) >= 11 is 6.21. The van der Waals surface area contributed by atoms with Crippen LogP contribution >= 0.6 is 11.6 Å². The van der Waals surface area contributed by atoms with Gasteiger partial charge >= 0.3 is 0 Å². The van der Waals surface area contributed by atoms with E-state index in [0.717, 1.165) is 47.1 Å². The molecule has 33 heavy (non-hydrogen) atoms. The molecule has 2 aliphatic rings. The number of aromatic nitrogens is 1. The Labute approximate surface area is 198 Å². The van der Waals surface area contributed by atoms with Crippen LogP contribution in [0, 0.1) is 11.8 Å². The molecule has 0 unspecified atom stereocenters. The third-order valence-electron chi connectivity index (χ3n) is 7.02. The summed E-state index contributed by atoms with van der Waals surface area (Å²) in [5, 5.41) is 24.4. The number of aliphatic hydroxyl groups is 1. The summed E-state index contributed by atoms with van der Waals surface area (Å²) in [4.78, 5) is 17.7. The first-order valence-corrected chi connectivity index (χ1v) is 12.3. The Balaban J connectivity index is 1.58. The lowest BCUT2D eigenvalue weighted by atomic mass is 9.89. The normalized spacial score (nSPS) is 16.8. The van der Waals surface area contributed by atoms with E-state index >= 15 is 0 Å². The van der Waals surface area contributed by atoms with E-state index in [1.165, 1.54) is 32.1 Å². The number of aromatic hydroxyl groups is 1. The average Bonchev–Trinajstić information content (AvgIpc) is 3.69. The molecule has 3 aromatic rings. The van der Waals surface area contributed by atoms with Crippen molar-refractivity contribution in [1.29, 1.82) is 0 Å². The molecule has 0 aliphatic heterocycles. The standard InChI is InChI=1S/C27H29ClN2O3/c28-23-12-19(10-20(15-31)27(23)33)18-8-9-24-21(11-18)25(30-13-16-4-2-1-3-5-16)22(14-29-24)26(32)17-6-7-17/h8-12,14,16-17,31,33H,1-7,13,15H2,(H,29,30). The summed E-state index contributed by atoms with van der Waals surface area (Å²) in [6, 6.07) is 9.36. The van der Waals surface area contributed by atoms with Gasteiger partial charge in [-0.3, -0.25) is 9.78 Å². The molecule has 5 nitrogen and oxygen atoms in total. The minimum atomic E-state index is -0.303. The van der Waals surface area contributed by atoms with Crippen molar-refractivity contribution in [2.24, 2.45) is 11.8 Å². The Morgan fingerprint density at radius 1 is 1.06 bits per heavy atom. The van der Waals surface area contributed by atoms with Gasteiger partial charge in [-0.2, -0.15) is 0 Å². The van der Waals surface area contributed by atoms with Gasteiger partial charge in [0.25, 0.3) is 0 Å². The van der Waals surface area contributed by atoms with Crippen LogP contribution in [0.1, 0.15) is 60.9 Å². The number of carbonyl (C=O) groups excluding carboxylic acids is 1. The van der Waals surface area contributed by atoms with Crippen LogP contribution < -0.4 is 5.32 Å². The number of aliphatic hydroxyl groups excluding tert-OH is 1. The molecule has 2 saturated carbocycles. The Kier molecular flexibility index (Phi) is 6.26. The molecule has 6 heteroatoms. The Morgan fingerprint density at radius 3 is 2.58 bits per heavy atom. The topological polar surface area (TPSA) is 82.5 Å². The molecule has 1 aromatic heterocycles. The molecule has 2 aliphatic carbocycles. The highest BCUT2D eigenvalue weighted by atomic mass is 35.5. The third-order valence-corrected chi connectivity index (χ3v) is 7.31. The monoisotopic (exact) mass is 464 g/mol. The minimum absolute atomic E-state index is 0.0995. The number of benzene rings is 2. The second-order valence-corrected chi connectivity index (χ2v) is 9.83. The molecular weight excluding hydrogens is 436 g/mol. The zero-order valence-electron chi connectivity index (χ0n) is 18.6. The number of phenols is 1. The van der Waals surface area contributed by atoms with E-state index in [2.05, 4.69) is 10.3 Å². The highest BCUT2D eigenvalue weighted by molar-refractivity contribution is 6.32.